The van der Waals surface area contributed by atoms with E-state index in [4.69, 9.17) is 11.2 Å². The third-order valence-electron chi connectivity index (χ3n) is 4.89. The van der Waals surface area contributed by atoms with Crippen LogP contribution in [0.2, 0.25) is 0 Å². The molecule has 1 atom stereocenters. The van der Waals surface area contributed by atoms with Crippen molar-refractivity contribution in [2.24, 2.45) is 0 Å². The Morgan fingerprint density at radius 3 is 3.04 bits per heavy atom. The largest absolute Gasteiger partial charge is 0.350 e. The molecule has 0 aliphatic carbocycles. The zero-order chi connectivity index (χ0) is 17.5. The van der Waals surface area contributed by atoms with Gasteiger partial charge in [0.25, 0.3) is 0 Å². The number of nitrogens with one attached hydrogen (secondary N) is 3. The summed E-state index contributed by atoms with van der Waals surface area (Å²) in [6.07, 6.45) is 4.76. The molecule has 0 radical (unpaired) electrons. The summed E-state index contributed by atoms with van der Waals surface area (Å²) in [7, 11) is 0. The lowest BCUT2D eigenvalue weighted by Gasteiger charge is -2.28. The standard InChI is InChI=1S/C18H15N7O/c1-19-17-14(11-3-2-4-13-16(11)25-26-24-13)12-9-21-23-18(12)22-15(17)10-5-7-20-8-6-10/h2-5,9,14,20H,6-8H2,(H2,21,22,23). The molecule has 128 valence electrons. The van der Waals surface area contributed by atoms with Gasteiger partial charge in [-0.3, -0.25) is 5.10 Å². The van der Waals surface area contributed by atoms with E-state index in [2.05, 4.69) is 42.1 Å². The number of aromatic amines is 1. The highest BCUT2D eigenvalue weighted by Crippen LogP contribution is 2.44. The number of hydrogen-bond acceptors (Lipinski definition) is 6. The van der Waals surface area contributed by atoms with E-state index in [0.29, 0.717) is 16.7 Å². The smallest absolute Gasteiger partial charge is 0.200 e. The van der Waals surface area contributed by atoms with Gasteiger partial charge in [0, 0.05) is 17.8 Å². The van der Waals surface area contributed by atoms with Gasteiger partial charge in [0.15, 0.2) is 5.70 Å². The first-order valence-electron chi connectivity index (χ1n) is 8.40. The molecule has 0 spiro atoms. The number of H-pyrrole nitrogens is 1. The Morgan fingerprint density at radius 1 is 1.23 bits per heavy atom. The Hall–Kier alpha value is -3.44. The Balaban J connectivity index is 1.76. The summed E-state index contributed by atoms with van der Waals surface area (Å²) in [6, 6.07) is 5.73. The van der Waals surface area contributed by atoms with Crippen LogP contribution >= 0.6 is 0 Å². The molecule has 8 nitrogen and oxygen atoms in total. The van der Waals surface area contributed by atoms with Crippen molar-refractivity contribution < 1.29 is 4.63 Å². The van der Waals surface area contributed by atoms with Crippen LogP contribution < -0.4 is 10.6 Å². The quantitative estimate of drug-likeness (QED) is 0.618. The van der Waals surface area contributed by atoms with Crippen LogP contribution in [-0.4, -0.2) is 33.6 Å². The van der Waals surface area contributed by atoms with E-state index < -0.39 is 0 Å². The van der Waals surface area contributed by atoms with E-state index >= 15 is 0 Å². The molecule has 1 aromatic carbocycles. The third-order valence-corrected chi connectivity index (χ3v) is 4.89. The van der Waals surface area contributed by atoms with Gasteiger partial charge >= 0.3 is 0 Å². The van der Waals surface area contributed by atoms with E-state index in [1.807, 2.05) is 18.2 Å². The highest BCUT2D eigenvalue weighted by molar-refractivity contribution is 5.81. The summed E-state index contributed by atoms with van der Waals surface area (Å²) in [5.41, 5.74) is 5.81. The topological polar surface area (TPSA) is 96.0 Å². The molecule has 2 aromatic heterocycles. The Morgan fingerprint density at radius 2 is 2.19 bits per heavy atom. The highest BCUT2D eigenvalue weighted by Gasteiger charge is 2.34. The summed E-state index contributed by atoms with van der Waals surface area (Å²) in [5.74, 6) is 0.536. The molecule has 0 saturated heterocycles. The number of allylic oxidation sites excluding steroid dienone is 2. The molecule has 4 heterocycles. The molecule has 26 heavy (non-hydrogen) atoms. The van der Waals surface area contributed by atoms with Crippen molar-refractivity contribution in [2.75, 3.05) is 18.4 Å². The predicted octanol–water partition coefficient (Wildman–Crippen LogP) is 2.55. The van der Waals surface area contributed by atoms with Crippen molar-refractivity contribution >= 4 is 16.9 Å². The second kappa shape index (κ2) is 5.82. The number of aromatic nitrogens is 4. The van der Waals surface area contributed by atoms with Crippen LogP contribution in [-0.2, 0) is 0 Å². The van der Waals surface area contributed by atoms with Crippen molar-refractivity contribution in [2.45, 2.75) is 12.3 Å². The molecule has 0 bridgehead atoms. The van der Waals surface area contributed by atoms with Crippen molar-refractivity contribution in [3.63, 3.8) is 0 Å². The molecule has 8 heteroatoms. The molecule has 3 N–H and O–H groups in total. The minimum atomic E-state index is -0.274. The molecule has 0 fully saturated rings. The number of nitrogens with zero attached hydrogens (tertiary/aromatic N) is 4. The number of rotatable bonds is 2. The maximum absolute atomic E-state index is 7.89. The van der Waals surface area contributed by atoms with Crippen LogP contribution in [0.15, 0.2) is 52.1 Å². The number of benzene rings is 1. The summed E-state index contributed by atoms with van der Waals surface area (Å²) in [4.78, 5) is 3.92. The average Bonchev–Trinajstić information content (AvgIpc) is 3.36. The lowest BCUT2D eigenvalue weighted by Crippen LogP contribution is -2.25. The molecule has 5 rings (SSSR count). The molecule has 1 unspecified atom stereocenters. The van der Waals surface area contributed by atoms with Crippen molar-refractivity contribution in [3.8, 4) is 0 Å². The fraction of sp³-hybridized carbons (Fsp3) is 0.222. The van der Waals surface area contributed by atoms with Crippen LogP contribution in [0, 0.1) is 6.57 Å². The first-order chi connectivity index (χ1) is 12.9. The fourth-order valence-corrected chi connectivity index (χ4v) is 3.68. The summed E-state index contributed by atoms with van der Waals surface area (Å²) >= 11 is 0. The second-order valence-electron chi connectivity index (χ2n) is 6.29. The van der Waals surface area contributed by atoms with Crippen LogP contribution in [0.25, 0.3) is 15.9 Å². The first-order valence-corrected chi connectivity index (χ1v) is 8.40. The van der Waals surface area contributed by atoms with Gasteiger partial charge in [-0.25, -0.2) is 9.47 Å². The fourth-order valence-electron chi connectivity index (χ4n) is 3.68. The normalized spacial score (nSPS) is 19.7. The maximum Gasteiger partial charge on any atom is 0.200 e. The third kappa shape index (κ3) is 2.14. The van der Waals surface area contributed by atoms with Crippen LogP contribution in [0.3, 0.4) is 0 Å². The van der Waals surface area contributed by atoms with Crippen molar-refractivity contribution in [3.05, 3.63) is 70.0 Å². The average molecular weight is 345 g/mol. The van der Waals surface area contributed by atoms with E-state index in [9.17, 15) is 0 Å². The van der Waals surface area contributed by atoms with E-state index in [-0.39, 0.29) is 5.92 Å². The number of fused-ring (bicyclic) bond motifs is 2. The molecule has 3 aromatic rings. The zero-order valence-electron chi connectivity index (χ0n) is 13.8. The summed E-state index contributed by atoms with van der Waals surface area (Å²) in [6.45, 7) is 9.58. The lowest BCUT2D eigenvalue weighted by molar-refractivity contribution is 0.315. The summed E-state index contributed by atoms with van der Waals surface area (Å²) in [5, 5.41) is 21.9. The first kappa shape index (κ1) is 14.9. The Labute approximate surface area is 148 Å². The molecule has 0 amide bonds. The molecule has 2 aliphatic rings. The number of anilines is 1. The molecular formula is C18H15N7O. The van der Waals surface area contributed by atoms with E-state index in [1.165, 1.54) is 0 Å². The predicted molar refractivity (Wildman–Crippen MR) is 95.1 cm³/mol. The Kier molecular flexibility index (Phi) is 3.33. The van der Waals surface area contributed by atoms with Gasteiger partial charge < -0.3 is 10.6 Å². The van der Waals surface area contributed by atoms with Crippen molar-refractivity contribution in [1.82, 2.24) is 25.8 Å². The van der Waals surface area contributed by atoms with Gasteiger partial charge in [-0.05, 0) is 40.5 Å². The van der Waals surface area contributed by atoms with Crippen molar-refractivity contribution in [1.29, 1.82) is 0 Å². The Bertz CT molecular complexity index is 1100. The monoisotopic (exact) mass is 345 g/mol. The van der Waals surface area contributed by atoms with Gasteiger partial charge in [-0.15, -0.1) is 0 Å². The van der Waals surface area contributed by atoms with Gasteiger partial charge in [-0.2, -0.15) is 5.10 Å². The zero-order valence-corrected chi connectivity index (χ0v) is 13.8. The van der Waals surface area contributed by atoms with Gasteiger partial charge in [0.1, 0.15) is 16.9 Å². The SMILES string of the molecule is [C-]#[N+]C1=C(C2=CCNCC2)Nc2[nH]ncc2C1c1cccc2nonc12. The molecule has 2 aliphatic heterocycles. The molecule has 0 saturated carbocycles. The van der Waals surface area contributed by atoms with E-state index in [1.54, 1.807) is 6.20 Å². The highest BCUT2D eigenvalue weighted by atomic mass is 16.6. The second-order valence-corrected chi connectivity index (χ2v) is 6.29. The lowest BCUT2D eigenvalue weighted by atomic mass is 9.84. The maximum atomic E-state index is 7.89. The van der Waals surface area contributed by atoms with Gasteiger partial charge in [-0.1, -0.05) is 18.2 Å². The summed E-state index contributed by atoms with van der Waals surface area (Å²) < 4.78 is 4.93. The van der Waals surface area contributed by atoms with Crippen LogP contribution in [0.1, 0.15) is 23.5 Å². The minimum Gasteiger partial charge on any atom is -0.350 e. The van der Waals surface area contributed by atoms with Gasteiger partial charge in [0.05, 0.1) is 18.7 Å². The van der Waals surface area contributed by atoms with Crippen LogP contribution in [0.4, 0.5) is 5.82 Å². The minimum absolute atomic E-state index is 0.274. The van der Waals surface area contributed by atoms with E-state index in [0.717, 1.165) is 47.7 Å². The van der Waals surface area contributed by atoms with Crippen LogP contribution in [0.5, 0.6) is 0 Å². The molecular weight excluding hydrogens is 330 g/mol. The van der Waals surface area contributed by atoms with Gasteiger partial charge in [0.2, 0.25) is 0 Å². The number of hydrogen-bond donors (Lipinski definition) is 3.